The average molecular weight is 255 g/mol. The lowest BCUT2D eigenvalue weighted by atomic mass is 9.99. The second kappa shape index (κ2) is 8.20. The molecule has 0 saturated heterocycles. The molecule has 0 fully saturated rings. The summed E-state index contributed by atoms with van der Waals surface area (Å²) < 4.78 is 26.6. The zero-order valence-electron chi connectivity index (χ0n) is 11.3. The molecule has 0 amide bonds. The molecule has 0 spiro atoms. The third kappa shape index (κ3) is 4.73. The van der Waals surface area contributed by atoms with Gasteiger partial charge in [-0.15, -0.1) is 0 Å². The standard InChI is InChI=1S/C15H23F2N/c1-3-4-5-6-9-13(18-2)11-12-8-7-10-14(16)15(12)17/h7-8,10,13,18H,3-6,9,11H2,1-2H3. The maximum atomic E-state index is 13.5. The van der Waals surface area contributed by atoms with Gasteiger partial charge in [0.2, 0.25) is 0 Å². The highest BCUT2D eigenvalue weighted by Gasteiger charge is 2.12. The van der Waals surface area contributed by atoms with Crippen molar-refractivity contribution in [3.63, 3.8) is 0 Å². The van der Waals surface area contributed by atoms with Crippen LogP contribution in [0.2, 0.25) is 0 Å². The molecule has 0 aliphatic heterocycles. The third-order valence-electron chi connectivity index (χ3n) is 3.31. The smallest absolute Gasteiger partial charge is 0.162 e. The van der Waals surface area contributed by atoms with Crippen molar-refractivity contribution >= 4 is 0 Å². The Kier molecular flexibility index (Phi) is 6.88. The van der Waals surface area contributed by atoms with Gasteiger partial charge in [-0.1, -0.05) is 44.7 Å². The molecule has 0 bridgehead atoms. The summed E-state index contributed by atoms with van der Waals surface area (Å²) in [6.07, 6.45) is 6.35. The molecule has 1 aromatic rings. The molecule has 0 radical (unpaired) electrons. The van der Waals surface area contributed by atoms with E-state index < -0.39 is 11.6 Å². The molecule has 0 saturated carbocycles. The van der Waals surface area contributed by atoms with E-state index in [0.717, 1.165) is 18.9 Å². The van der Waals surface area contributed by atoms with Crippen molar-refractivity contribution in [1.82, 2.24) is 5.32 Å². The summed E-state index contributed by atoms with van der Waals surface area (Å²) in [4.78, 5) is 0. The first-order chi connectivity index (χ1) is 8.69. The van der Waals surface area contributed by atoms with E-state index in [-0.39, 0.29) is 6.04 Å². The number of nitrogens with one attached hydrogen (secondary N) is 1. The van der Waals surface area contributed by atoms with E-state index in [4.69, 9.17) is 0 Å². The fourth-order valence-corrected chi connectivity index (χ4v) is 2.14. The van der Waals surface area contributed by atoms with Gasteiger partial charge in [-0.05, 0) is 31.5 Å². The zero-order valence-corrected chi connectivity index (χ0v) is 11.3. The van der Waals surface area contributed by atoms with Crippen molar-refractivity contribution in [3.8, 4) is 0 Å². The van der Waals surface area contributed by atoms with Crippen LogP contribution in [0, 0.1) is 11.6 Å². The first-order valence-corrected chi connectivity index (χ1v) is 6.79. The summed E-state index contributed by atoms with van der Waals surface area (Å²) >= 11 is 0. The summed E-state index contributed by atoms with van der Waals surface area (Å²) in [5, 5.41) is 3.19. The predicted octanol–water partition coefficient (Wildman–Crippen LogP) is 4.07. The van der Waals surface area contributed by atoms with Gasteiger partial charge in [0.05, 0.1) is 0 Å². The van der Waals surface area contributed by atoms with Crippen LogP contribution in [0.1, 0.15) is 44.6 Å². The zero-order chi connectivity index (χ0) is 13.4. The molecule has 1 nitrogen and oxygen atoms in total. The normalized spacial score (nSPS) is 12.7. The van der Waals surface area contributed by atoms with Gasteiger partial charge in [0, 0.05) is 6.04 Å². The first-order valence-electron chi connectivity index (χ1n) is 6.79. The van der Waals surface area contributed by atoms with Crippen molar-refractivity contribution in [2.24, 2.45) is 0 Å². The molecule has 1 rings (SSSR count). The summed E-state index contributed by atoms with van der Waals surface area (Å²) in [6.45, 7) is 2.18. The summed E-state index contributed by atoms with van der Waals surface area (Å²) in [6, 6.07) is 4.61. The Morgan fingerprint density at radius 2 is 1.94 bits per heavy atom. The molecular formula is C15H23F2N. The number of hydrogen-bond acceptors (Lipinski definition) is 1. The van der Waals surface area contributed by atoms with Crippen LogP contribution >= 0.6 is 0 Å². The van der Waals surface area contributed by atoms with Crippen molar-refractivity contribution in [2.75, 3.05) is 7.05 Å². The molecule has 18 heavy (non-hydrogen) atoms. The van der Waals surface area contributed by atoms with Gasteiger partial charge in [0.25, 0.3) is 0 Å². The van der Waals surface area contributed by atoms with Gasteiger partial charge in [-0.25, -0.2) is 8.78 Å². The highest BCUT2D eigenvalue weighted by Crippen LogP contribution is 2.15. The average Bonchev–Trinajstić information content (AvgIpc) is 2.38. The molecule has 3 heteroatoms. The topological polar surface area (TPSA) is 12.0 Å². The molecule has 1 N–H and O–H groups in total. The van der Waals surface area contributed by atoms with Crippen molar-refractivity contribution in [3.05, 3.63) is 35.4 Å². The summed E-state index contributed by atoms with van der Waals surface area (Å²) in [7, 11) is 1.88. The van der Waals surface area contributed by atoms with E-state index in [1.54, 1.807) is 12.1 Å². The second-order valence-electron chi connectivity index (χ2n) is 4.75. The van der Waals surface area contributed by atoms with Crippen molar-refractivity contribution < 1.29 is 8.78 Å². The molecule has 0 aliphatic rings. The summed E-state index contributed by atoms with van der Waals surface area (Å²) in [5.74, 6) is -1.46. The lowest BCUT2D eigenvalue weighted by Gasteiger charge is -2.16. The van der Waals surface area contributed by atoms with Gasteiger partial charge in [0.1, 0.15) is 0 Å². The number of unbranched alkanes of at least 4 members (excludes halogenated alkanes) is 3. The van der Waals surface area contributed by atoms with Crippen LogP contribution in [-0.2, 0) is 6.42 Å². The number of benzene rings is 1. The molecule has 1 aromatic carbocycles. The molecule has 1 unspecified atom stereocenters. The predicted molar refractivity (Wildman–Crippen MR) is 71.7 cm³/mol. The number of hydrogen-bond donors (Lipinski definition) is 1. The van der Waals surface area contributed by atoms with Gasteiger partial charge in [-0.2, -0.15) is 0 Å². The second-order valence-corrected chi connectivity index (χ2v) is 4.75. The van der Waals surface area contributed by atoms with E-state index in [2.05, 4.69) is 12.2 Å². The van der Waals surface area contributed by atoms with Crippen LogP contribution in [-0.4, -0.2) is 13.1 Å². The third-order valence-corrected chi connectivity index (χ3v) is 3.31. The molecular weight excluding hydrogens is 232 g/mol. The highest BCUT2D eigenvalue weighted by atomic mass is 19.2. The number of rotatable bonds is 8. The monoisotopic (exact) mass is 255 g/mol. The molecule has 102 valence electrons. The molecule has 1 atom stereocenters. The van der Waals surface area contributed by atoms with Crippen LogP contribution in [0.15, 0.2) is 18.2 Å². The van der Waals surface area contributed by atoms with Gasteiger partial charge in [-0.3, -0.25) is 0 Å². The fourth-order valence-electron chi connectivity index (χ4n) is 2.14. The van der Waals surface area contributed by atoms with E-state index in [1.807, 2.05) is 7.05 Å². The molecule has 0 aliphatic carbocycles. The Bertz CT molecular complexity index is 352. The van der Waals surface area contributed by atoms with Crippen LogP contribution in [0.3, 0.4) is 0 Å². The minimum atomic E-state index is -0.756. The Balaban J connectivity index is 2.49. The van der Waals surface area contributed by atoms with E-state index >= 15 is 0 Å². The SMILES string of the molecule is CCCCCCC(Cc1cccc(F)c1F)NC. The van der Waals surface area contributed by atoms with Gasteiger partial charge in [0.15, 0.2) is 11.6 Å². The largest absolute Gasteiger partial charge is 0.317 e. The maximum Gasteiger partial charge on any atom is 0.162 e. The number of halogens is 2. The van der Waals surface area contributed by atoms with Crippen LogP contribution in [0.5, 0.6) is 0 Å². The molecule has 0 aromatic heterocycles. The Morgan fingerprint density at radius 1 is 1.17 bits per heavy atom. The lowest BCUT2D eigenvalue weighted by Crippen LogP contribution is -2.28. The fraction of sp³-hybridized carbons (Fsp3) is 0.600. The van der Waals surface area contributed by atoms with Gasteiger partial charge < -0.3 is 5.32 Å². The van der Waals surface area contributed by atoms with Crippen molar-refractivity contribution in [1.29, 1.82) is 0 Å². The summed E-state index contributed by atoms with van der Waals surface area (Å²) in [5.41, 5.74) is 0.463. The number of likely N-dealkylation sites (N-methyl/N-ethyl adjacent to an activating group) is 1. The Morgan fingerprint density at radius 3 is 2.61 bits per heavy atom. The first kappa shape index (κ1) is 15.1. The van der Waals surface area contributed by atoms with Crippen molar-refractivity contribution in [2.45, 2.75) is 51.5 Å². The van der Waals surface area contributed by atoms with Crippen LogP contribution in [0.25, 0.3) is 0 Å². The van der Waals surface area contributed by atoms with Crippen LogP contribution < -0.4 is 5.32 Å². The van der Waals surface area contributed by atoms with Crippen LogP contribution in [0.4, 0.5) is 8.78 Å². The minimum absolute atomic E-state index is 0.221. The van der Waals surface area contributed by atoms with Gasteiger partial charge >= 0.3 is 0 Å². The quantitative estimate of drug-likeness (QED) is 0.691. The minimum Gasteiger partial charge on any atom is -0.317 e. The highest BCUT2D eigenvalue weighted by molar-refractivity contribution is 5.19. The van der Waals surface area contributed by atoms with E-state index in [9.17, 15) is 8.78 Å². The lowest BCUT2D eigenvalue weighted by molar-refractivity contribution is 0.459. The Hall–Kier alpha value is -0.960. The maximum absolute atomic E-state index is 13.5. The Labute approximate surface area is 109 Å². The van der Waals surface area contributed by atoms with E-state index in [0.29, 0.717) is 12.0 Å². The molecule has 0 heterocycles. The van der Waals surface area contributed by atoms with E-state index in [1.165, 1.54) is 19.3 Å².